The van der Waals surface area contributed by atoms with Gasteiger partial charge in [-0.05, 0) is 49.3 Å². The molecule has 2 aromatic rings. The fourth-order valence-corrected chi connectivity index (χ4v) is 4.09. The van der Waals surface area contributed by atoms with Crippen molar-refractivity contribution in [2.45, 2.75) is 43.8 Å². The molecule has 2 fully saturated rings. The number of nitrogens with zero attached hydrogens (tertiary/aromatic N) is 2. The summed E-state index contributed by atoms with van der Waals surface area (Å²) in [6.45, 7) is 0. The van der Waals surface area contributed by atoms with Crippen LogP contribution >= 0.6 is 12.2 Å². The molecular formula is C17H19N3OS. The van der Waals surface area contributed by atoms with E-state index < -0.39 is 0 Å². The van der Waals surface area contributed by atoms with Gasteiger partial charge in [-0.3, -0.25) is 4.98 Å². The molecule has 0 amide bonds. The van der Waals surface area contributed by atoms with Gasteiger partial charge >= 0.3 is 0 Å². The van der Waals surface area contributed by atoms with Crippen LogP contribution in [-0.4, -0.2) is 21.0 Å². The molecule has 2 aromatic heterocycles. The van der Waals surface area contributed by atoms with E-state index in [1.165, 1.54) is 25.7 Å². The molecule has 0 bridgehead atoms. The summed E-state index contributed by atoms with van der Waals surface area (Å²) in [7, 11) is 0. The summed E-state index contributed by atoms with van der Waals surface area (Å²) in [6, 6.07) is 10.6. The van der Waals surface area contributed by atoms with Crippen LogP contribution in [0.1, 0.15) is 49.2 Å². The van der Waals surface area contributed by atoms with E-state index in [9.17, 15) is 0 Å². The highest BCUT2D eigenvalue weighted by molar-refractivity contribution is 7.80. The van der Waals surface area contributed by atoms with Crippen molar-refractivity contribution in [3.05, 3.63) is 54.2 Å². The van der Waals surface area contributed by atoms with Crippen LogP contribution in [0.2, 0.25) is 0 Å². The monoisotopic (exact) mass is 313 g/mol. The minimum atomic E-state index is 0.0421. The average Bonchev–Trinajstić information content (AvgIpc) is 3.28. The van der Waals surface area contributed by atoms with E-state index >= 15 is 0 Å². The summed E-state index contributed by atoms with van der Waals surface area (Å²) in [5, 5.41) is 4.29. The number of hydrogen-bond acceptors (Lipinski definition) is 3. The van der Waals surface area contributed by atoms with E-state index in [0.29, 0.717) is 6.04 Å². The second kappa shape index (κ2) is 5.72. The lowest BCUT2D eigenvalue weighted by Gasteiger charge is -2.31. The molecular weight excluding hydrogens is 294 g/mol. The number of furan rings is 1. The summed E-state index contributed by atoms with van der Waals surface area (Å²) in [5.41, 5.74) is 1.01. The number of aromatic nitrogens is 1. The first-order chi connectivity index (χ1) is 10.8. The largest absolute Gasteiger partial charge is 0.467 e. The maximum atomic E-state index is 5.74. The Bertz CT molecular complexity index is 637. The summed E-state index contributed by atoms with van der Waals surface area (Å²) in [4.78, 5) is 6.87. The standard InChI is InChI=1S/C17H19N3OS/c22-17-19-15(13-8-3-4-10-18-13)16(14-9-5-11-21-14)20(17)12-6-1-2-7-12/h3-5,8-12,15-16H,1-2,6-7H2,(H,19,22)/t15-,16-/m0/s1. The Morgan fingerprint density at radius 3 is 2.73 bits per heavy atom. The van der Waals surface area contributed by atoms with Gasteiger partial charge in [-0.1, -0.05) is 18.9 Å². The molecule has 22 heavy (non-hydrogen) atoms. The molecule has 1 aliphatic heterocycles. The van der Waals surface area contributed by atoms with Gasteiger partial charge in [0.2, 0.25) is 0 Å². The van der Waals surface area contributed by atoms with Crippen LogP contribution in [0.3, 0.4) is 0 Å². The summed E-state index contributed by atoms with van der Waals surface area (Å²) < 4.78 is 5.74. The predicted molar refractivity (Wildman–Crippen MR) is 88.3 cm³/mol. The second-order valence-electron chi connectivity index (χ2n) is 5.99. The van der Waals surface area contributed by atoms with Crippen LogP contribution in [0.15, 0.2) is 47.2 Å². The number of hydrogen-bond donors (Lipinski definition) is 1. The first kappa shape index (κ1) is 13.8. The van der Waals surface area contributed by atoms with Gasteiger partial charge in [0.1, 0.15) is 11.8 Å². The van der Waals surface area contributed by atoms with Gasteiger partial charge in [-0.25, -0.2) is 0 Å². The SMILES string of the molecule is S=C1N[C@@H](c2ccccn2)[C@H](c2ccco2)N1C1CCCC1. The molecule has 0 spiro atoms. The predicted octanol–water partition coefficient (Wildman–Crippen LogP) is 3.59. The van der Waals surface area contributed by atoms with Gasteiger partial charge in [0.05, 0.1) is 18.0 Å². The average molecular weight is 313 g/mol. The van der Waals surface area contributed by atoms with Gasteiger partial charge < -0.3 is 14.6 Å². The Labute approximate surface area is 135 Å². The lowest BCUT2D eigenvalue weighted by molar-refractivity contribution is 0.217. The normalized spacial score (nSPS) is 25.6. The van der Waals surface area contributed by atoms with E-state index in [2.05, 4.69) is 15.2 Å². The van der Waals surface area contributed by atoms with Crippen molar-refractivity contribution < 1.29 is 4.42 Å². The lowest BCUT2D eigenvalue weighted by Crippen LogP contribution is -2.37. The highest BCUT2D eigenvalue weighted by atomic mass is 32.1. The first-order valence-electron chi connectivity index (χ1n) is 7.88. The zero-order valence-electron chi connectivity index (χ0n) is 12.3. The molecule has 5 heteroatoms. The van der Waals surface area contributed by atoms with Crippen molar-refractivity contribution in [1.29, 1.82) is 0 Å². The van der Waals surface area contributed by atoms with Crippen molar-refractivity contribution in [1.82, 2.24) is 15.2 Å². The van der Waals surface area contributed by atoms with Crippen molar-refractivity contribution in [3.8, 4) is 0 Å². The summed E-state index contributed by atoms with van der Waals surface area (Å²) >= 11 is 5.65. The molecule has 1 saturated carbocycles. The first-order valence-corrected chi connectivity index (χ1v) is 8.28. The number of rotatable bonds is 3. The van der Waals surface area contributed by atoms with E-state index in [4.69, 9.17) is 16.6 Å². The third-order valence-electron chi connectivity index (χ3n) is 4.69. The van der Waals surface area contributed by atoms with E-state index in [-0.39, 0.29) is 12.1 Å². The third-order valence-corrected chi connectivity index (χ3v) is 5.02. The second-order valence-corrected chi connectivity index (χ2v) is 6.37. The van der Waals surface area contributed by atoms with Crippen molar-refractivity contribution in [2.75, 3.05) is 0 Å². The molecule has 1 aliphatic carbocycles. The molecule has 4 nitrogen and oxygen atoms in total. The lowest BCUT2D eigenvalue weighted by atomic mass is 10.0. The Hall–Kier alpha value is -1.88. The zero-order chi connectivity index (χ0) is 14.9. The fraction of sp³-hybridized carbons (Fsp3) is 0.412. The van der Waals surface area contributed by atoms with Crippen LogP contribution in [-0.2, 0) is 0 Å². The van der Waals surface area contributed by atoms with Crippen LogP contribution in [0.4, 0.5) is 0 Å². The maximum Gasteiger partial charge on any atom is 0.170 e. The number of thiocarbonyl (C=S) groups is 1. The van der Waals surface area contributed by atoms with Crippen molar-refractivity contribution in [2.24, 2.45) is 0 Å². The van der Waals surface area contributed by atoms with Gasteiger partial charge in [0.15, 0.2) is 5.11 Å². The topological polar surface area (TPSA) is 41.3 Å². The van der Waals surface area contributed by atoms with Crippen molar-refractivity contribution in [3.63, 3.8) is 0 Å². The van der Waals surface area contributed by atoms with Crippen LogP contribution in [0.25, 0.3) is 0 Å². The molecule has 2 aliphatic rings. The molecule has 1 saturated heterocycles. The van der Waals surface area contributed by atoms with E-state index in [0.717, 1.165) is 16.6 Å². The Kier molecular flexibility index (Phi) is 3.58. The zero-order valence-corrected chi connectivity index (χ0v) is 13.1. The Balaban J connectivity index is 1.74. The van der Waals surface area contributed by atoms with Gasteiger partial charge in [-0.15, -0.1) is 0 Å². The van der Waals surface area contributed by atoms with Gasteiger partial charge in [-0.2, -0.15) is 0 Å². The molecule has 0 aromatic carbocycles. The van der Waals surface area contributed by atoms with Crippen LogP contribution < -0.4 is 5.32 Å². The molecule has 4 rings (SSSR count). The number of pyridine rings is 1. The Morgan fingerprint density at radius 1 is 1.18 bits per heavy atom. The van der Waals surface area contributed by atoms with Gasteiger partial charge in [0, 0.05) is 12.2 Å². The quantitative estimate of drug-likeness (QED) is 0.877. The molecule has 0 unspecified atom stereocenters. The minimum absolute atomic E-state index is 0.0421. The smallest absolute Gasteiger partial charge is 0.170 e. The van der Waals surface area contributed by atoms with E-state index in [1.54, 1.807) is 6.26 Å². The molecule has 3 heterocycles. The molecule has 0 radical (unpaired) electrons. The summed E-state index contributed by atoms with van der Waals surface area (Å²) in [6.07, 6.45) is 8.53. The van der Waals surface area contributed by atoms with Crippen LogP contribution in [0, 0.1) is 0 Å². The molecule has 1 N–H and O–H groups in total. The van der Waals surface area contributed by atoms with Gasteiger partial charge in [0.25, 0.3) is 0 Å². The Morgan fingerprint density at radius 2 is 2.05 bits per heavy atom. The highest BCUT2D eigenvalue weighted by Crippen LogP contribution is 2.42. The minimum Gasteiger partial charge on any atom is -0.467 e. The summed E-state index contributed by atoms with van der Waals surface area (Å²) in [5.74, 6) is 0.954. The fourth-order valence-electron chi connectivity index (χ4n) is 3.71. The molecule has 114 valence electrons. The number of nitrogens with one attached hydrogen (secondary N) is 1. The van der Waals surface area contributed by atoms with E-state index in [1.807, 2.05) is 36.5 Å². The van der Waals surface area contributed by atoms with Crippen molar-refractivity contribution >= 4 is 17.3 Å². The van der Waals surface area contributed by atoms with Crippen LogP contribution in [0.5, 0.6) is 0 Å². The maximum absolute atomic E-state index is 5.74. The highest BCUT2D eigenvalue weighted by Gasteiger charge is 2.44. The third kappa shape index (κ3) is 2.29. The molecule has 2 atom stereocenters.